The van der Waals surface area contributed by atoms with Crippen LogP contribution in [-0.2, 0) is 4.79 Å². The summed E-state index contributed by atoms with van der Waals surface area (Å²) in [7, 11) is 0. The smallest absolute Gasteiger partial charge is 0.247 e. The van der Waals surface area contributed by atoms with E-state index in [0.29, 0.717) is 0 Å². The molecule has 22 heavy (non-hydrogen) atoms. The van der Waals surface area contributed by atoms with Crippen molar-refractivity contribution in [3.05, 3.63) is 58.7 Å². The van der Waals surface area contributed by atoms with E-state index < -0.39 is 0 Å². The number of fused-ring (bicyclic) bond motifs is 1. The van der Waals surface area contributed by atoms with Crippen molar-refractivity contribution in [3.8, 4) is 0 Å². The topological polar surface area (TPSA) is 36.4 Å². The molecule has 5 heteroatoms. The van der Waals surface area contributed by atoms with E-state index in [1.165, 1.54) is 0 Å². The number of aromatic nitrogens is 1. The van der Waals surface area contributed by atoms with Gasteiger partial charge in [0.25, 0.3) is 0 Å². The van der Waals surface area contributed by atoms with Crippen molar-refractivity contribution in [2.24, 2.45) is 0 Å². The van der Waals surface area contributed by atoms with E-state index in [1.54, 1.807) is 6.20 Å². The van der Waals surface area contributed by atoms with Crippen molar-refractivity contribution < 1.29 is 4.79 Å². The first-order chi connectivity index (χ1) is 10.8. The number of hydrogen-bond donors (Lipinski definition) is 0. The molecule has 1 aromatic carbocycles. The average molecular weight is 358 g/mol. The molecule has 2 fully saturated rings. The Morgan fingerprint density at radius 3 is 2.68 bits per heavy atom. The second kappa shape index (κ2) is 5.48. The van der Waals surface area contributed by atoms with Crippen molar-refractivity contribution in [1.82, 2.24) is 9.88 Å². The Kier molecular flexibility index (Phi) is 3.47. The zero-order chi connectivity index (χ0) is 15.1. The highest BCUT2D eigenvalue weighted by atomic mass is 79.9. The normalized spacial score (nSPS) is 24.8. The van der Waals surface area contributed by atoms with Crippen LogP contribution < -0.4 is 4.90 Å². The Labute approximate surface area is 137 Å². The Bertz CT molecular complexity index is 689. The first-order valence-corrected chi connectivity index (χ1v) is 8.30. The van der Waals surface area contributed by atoms with Crippen molar-refractivity contribution in [2.45, 2.75) is 25.0 Å². The third kappa shape index (κ3) is 2.16. The van der Waals surface area contributed by atoms with Gasteiger partial charge < -0.3 is 0 Å². The molecular weight excluding hydrogens is 342 g/mol. The van der Waals surface area contributed by atoms with E-state index in [0.717, 1.165) is 35.2 Å². The van der Waals surface area contributed by atoms with E-state index in [2.05, 4.69) is 37.9 Å². The van der Waals surface area contributed by atoms with Crippen molar-refractivity contribution in [3.63, 3.8) is 0 Å². The number of anilines is 1. The first-order valence-electron chi connectivity index (χ1n) is 7.51. The lowest BCUT2D eigenvalue weighted by molar-refractivity contribution is -0.119. The Morgan fingerprint density at radius 2 is 1.95 bits per heavy atom. The second-order valence-electron chi connectivity index (χ2n) is 5.72. The van der Waals surface area contributed by atoms with Crippen LogP contribution in [0.5, 0.6) is 0 Å². The molecule has 0 bridgehead atoms. The Balaban J connectivity index is 1.80. The Hall–Kier alpha value is -1.72. The lowest BCUT2D eigenvalue weighted by Gasteiger charge is -2.29. The summed E-state index contributed by atoms with van der Waals surface area (Å²) in [5.74, 6) is 0.902. The molecule has 4 nitrogen and oxygen atoms in total. The minimum absolute atomic E-state index is 0.00403. The van der Waals surface area contributed by atoms with Gasteiger partial charge in [-0.25, -0.2) is 4.98 Å². The fourth-order valence-electron chi connectivity index (χ4n) is 3.49. The third-order valence-electron chi connectivity index (χ3n) is 4.44. The molecule has 0 saturated carbocycles. The summed E-state index contributed by atoms with van der Waals surface area (Å²) in [5.41, 5.74) is 1.13. The second-order valence-corrected chi connectivity index (χ2v) is 6.63. The highest BCUT2D eigenvalue weighted by molar-refractivity contribution is 9.10. The molecular formula is C17H16BrN3O. The molecule has 0 radical (unpaired) electrons. The summed E-state index contributed by atoms with van der Waals surface area (Å²) in [6.45, 7) is 0.959. The summed E-state index contributed by atoms with van der Waals surface area (Å²) < 4.78 is 1.04. The van der Waals surface area contributed by atoms with Crippen LogP contribution in [0.4, 0.5) is 5.82 Å². The first kappa shape index (κ1) is 13.9. The van der Waals surface area contributed by atoms with Crippen LogP contribution in [0.2, 0.25) is 0 Å². The van der Waals surface area contributed by atoms with E-state index in [9.17, 15) is 4.79 Å². The number of halogens is 1. The predicted octanol–water partition coefficient (Wildman–Crippen LogP) is 3.35. The predicted molar refractivity (Wildman–Crippen MR) is 88.3 cm³/mol. The van der Waals surface area contributed by atoms with Gasteiger partial charge in [-0.2, -0.15) is 0 Å². The van der Waals surface area contributed by atoms with Gasteiger partial charge in [0.15, 0.2) is 0 Å². The van der Waals surface area contributed by atoms with Gasteiger partial charge >= 0.3 is 0 Å². The number of rotatable bonds is 2. The molecule has 0 aliphatic carbocycles. The number of benzene rings is 1. The maximum absolute atomic E-state index is 12.9. The number of pyridine rings is 1. The van der Waals surface area contributed by atoms with Crippen molar-refractivity contribution in [1.29, 1.82) is 0 Å². The lowest BCUT2D eigenvalue weighted by Crippen LogP contribution is -2.32. The molecule has 2 atom stereocenters. The van der Waals surface area contributed by atoms with Crippen LogP contribution in [0, 0.1) is 0 Å². The van der Waals surface area contributed by atoms with Gasteiger partial charge in [-0.1, -0.05) is 34.1 Å². The van der Waals surface area contributed by atoms with Gasteiger partial charge in [-0.05, 0) is 42.7 Å². The van der Waals surface area contributed by atoms with Gasteiger partial charge in [0, 0.05) is 17.2 Å². The highest BCUT2D eigenvalue weighted by Crippen LogP contribution is 2.41. The molecule has 2 unspecified atom stereocenters. The van der Waals surface area contributed by atoms with Gasteiger partial charge in [0.05, 0.1) is 6.04 Å². The zero-order valence-corrected chi connectivity index (χ0v) is 13.6. The quantitative estimate of drug-likeness (QED) is 0.826. The summed E-state index contributed by atoms with van der Waals surface area (Å²) in [5, 5.41) is 0. The van der Waals surface area contributed by atoms with Gasteiger partial charge in [0.2, 0.25) is 5.91 Å². The molecule has 3 heterocycles. The van der Waals surface area contributed by atoms with Crippen LogP contribution in [0.25, 0.3) is 0 Å². The summed E-state index contributed by atoms with van der Waals surface area (Å²) in [4.78, 5) is 21.4. The molecule has 1 aromatic heterocycles. The summed E-state index contributed by atoms with van der Waals surface area (Å²) in [6, 6.07) is 13.9. The summed E-state index contributed by atoms with van der Waals surface area (Å²) in [6.07, 6.45) is 3.71. The highest BCUT2D eigenvalue weighted by Gasteiger charge is 2.49. The number of carbonyl (C=O) groups is 1. The van der Waals surface area contributed by atoms with Crippen LogP contribution in [0.1, 0.15) is 24.6 Å². The van der Waals surface area contributed by atoms with Gasteiger partial charge in [-0.15, -0.1) is 0 Å². The molecule has 2 saturated heterocycles. The van der Waals surface area contributed by atoms with Gasteiger partial charge in [0.1, 0.15) is 12.0 Å². The van der Waals surface area contributed by atoms with E-state index in [4.69, 9.17) is 0 Å². The number of hydrogen-bond acceptors (Lipinski definition) is 3. The largest absolute Gasteiger partial charge is 0.275 e. The average Bonchev–Trinajstić information content (AvgIpc) is 3.12. The van der Waals surface area contributed by atoms with Gasteiger partial charge in [-0.3, -0.25) is 14.6 Å². The standard InChI is InChI=1S/C17H16BrN3O/c18-13-8-6-12(7-9-13)16-20-11-3-4-14(20)17(22)21(16)15-5-1-2-10-19-15/h1-2,5-10,14,16H,3-4,11H2. The molecule has 1 amide bonds. The molecule has 2 aliphatic heterocycles. The zero-order valence-electron chi connectivity index (χ0n) is 12.0. The molecule has 2 aromatic rings. The monoisotopic (exact) mass is 357 g/mol. The SMILES string of the molecule is O=C1C2CCCN2C(c2ccc(Br)cc2)N1c1ccccn1. The Morgan fingerprint density at radius 1 is 1.14 bits per heavy atom. The third-order valence-corrected chi connectivity index (χ3v) is 4.97. The maximum Gasteiger partial charge on any atom is 0.247 e. The molecule has 0 N–H and O–H groups in total. The van der Waals surface area contributed by atoms with Crippen LogP contribution in [0.3, 0.4) is 0 Å². The molecule has 4 rings (SSSR count). The summed E-state index contributed by atoms with van der Waals surface area (Å²) >= 11 is 3.48. The molecule has 0 spiro atoms. The van der Waals surface area contributed by atoms with Crippen molar-refractivity contribution in [2.75, 3.05) is 11.4 Å². The fourth-order valence-corrected chi connectivity index (χ4v) is 3.75. The molecule has 2 aliphatic rings. The minimum atomic E-state index is -0.0528. The maximum atomic E-state index is 12.9. The van der Waals surface area contributed by atoms with Crippen LogP contribution in [-0.4, -0.2) is 28.4 Å². The minimum Gasteiger partial charge on any atom is -0.275 e. The van der Waals surface area contributed by atoms with E-state index >= 15 is 0 Å². The van der Waals surface area contributed by atoms with E-state index in [1.807, 2.05) is 35.2 Å². The fraction of sp³-hybridized carbons (Fsp3) is 0.294. The number of carbonyl (C=O) groups excluding carboxylic acids is 1. The van der Waals surface area contributed by atoms with Crippen molar-refractivity contribution >= 4 is 27.7 Å². The molecule has 112 valence electrons. The van der Waals surface area contributed by atoms with Crippen LogP contribution in [0.15, 0.2) is 53.1 Å². The van der Waals surface area contributed by atoms with Crippen LogP contribution >= 0.6 is 15.9 Å². The number of amides is 1. The van der Waals surface area contributed by atoms with E-state index in [-0.39, 0.29) is 18.1 Å². The lowest BCUT2D eigenvalue weighted by atomic mass is 10.1. The number of nitrogens with zero attached hydrogens (tertiary/aromatic N) is 3.